The second-order valence-electron chi connectivity index (χ2n) is 5.89. The smallest absolute Gasteiger partial charge is 0.244 e. The summed E-state index contributed by atoms with van der Waals surface area (Å²) in [5.41, 5.74) is 3.62. The number of amides is 1. The van der Waals surface area contributed by atoms with Crippen molar-refractivity contribution in [1.82, 2.24) is 15.1 Å². The maximum Gasteiger partial charge on any atom is 0.244 e. The van der Waals surface area contributed by atoms with Crippen LogP contribution in [0.25, 0.3) is 16.5 Å². The van der Waals surface area contributed by atoms with Crippen LogP contribution in [-0.4, -0.2) is 22.2 Å². The van der Waals surface area contributed by atoms with Crippen LogP contribution in [0.3, 0.4) is 0 Å². The molecule has 4 nitrogen and oxygen atoms in total. The van der Waals surface area contributed by atoms with E-state index < -0.39 is 0 Å². The minimum Gasteiger partial charge on any atom is -0.351 e. The highest BCUT2D eigenvalue weighted by atomic mass is 32.1. The summed E-state index contributed by atoms with van der Waals surface area (Å²) >= 11 is 1.69. The molecule has 1 N–H and O–H groups in total. The van der Waals surface area contributed by atoms with Crippen LogP contribution in [0.4, 0.5) is 4.39 Å². The molecule has 2 aromatic heterocycles. The fraction of sp³-hybridized carbons (Fsp3) is 0.200. The molecule has 0 saturated heterocycles. The fourth-order valence-electron chi connectivity index (χ4n) is 2.81. The first-order valence-corrected chi connectivity index (χ1v) is 9.22. The van der Waals surface area contributed by atoms with E-state index in [9.17, 15) is 9.18 Å². The summed E-state index contributed by atoms with van der Waals surface area (Å²) in [6, 6.07) is 10.5. The zero-order chi connectivity index (χ0) is 18.5. The number of carbonyl (C=O) groups is 1. The average molecular weight is 369 g/mol. The average Bonchev–Trinajstić information content (AvgIpc) is 3.22. The van der Waals surface area contributed by atoms with Crippen LogP contribution < -0.4 is 5.32 Å². The Kier molecular flexibility index (Phi) is 5.63. The predicted octanol–water partition coefficient (Wildman–Crippen LogP) is 4.20. The van der Waals surface area contributed by atoms with Crippen molar-refractivity contribution < 1.29 is 9.18 Å². The second kappa shape index (κ2) is 8.10. The molecular weight excluding hydrogens is 349 g/mol. The van der Waals surface area contributed by atoms with Gasteiger partial charge in [0.05, 0.1) is 12.2 Å². The molecule has 0 saturated carbocycles. The number of rotatable bonds is 6. The summed E-state index contributed by atoms with van der Waals surface area (Å²) in [5, 5.41) is 9.43. The molecule has 26 heavy (non-hydrogen) atoms. The summed E-state index contributed by atoms with van der Waals surface area (Å²) in [7, 11) is 0. The maximum absolute atomic E-state index is 13.5. The van der Waals surface area contributed by atoms with Crippen molar-refractivity contribution in [1.29, 1.82) is 0 Å². The van der Waals surface area contributed by atoms with E-state index in [0.717, 1.165) is 17.0 Å². The normalized spacial score (nSPS) is 11.2. The maximum atomic E-state index is 13.5. The van der Waals surface area contributed by atoms with Crippen LogP contribution in [-0.2, 0) is 11.3 Å². The lowest BCUT2D eigenvalue weighted by molar-refractivity contribution is -0.116. The molecule has 0 radical (unpaired) electrons. The van der Waals surface area contributed by atoms with Crippen LogP contribution in [0.2, 0.25) is 0 Å². The van der Waals surface area contributed by atoms with Crippen molar-refractivity contribution in [2.45, 2.75) is 20.4 Å². The van der Waals surface area contributed by atoms with Gasteiger partial charge < -0.3 is 5.32 Å². The first-order valence-electron chi connectivity index (χ1n) is 8.34. The summed E-state index contributed by atoms with van der Waals surface area (Å²) in [5.74, 6) is -0.603. The minimum absolute atomic E-state index is 0.256. The Balaban J connectivity index is 1.58. The summed E-state index contributed by atoms with van der Waals surface area (Å²) in [6.45, 7) is 5.06. The lowest BCUT2D eigenvalue weighted by atomic mass is 10.1. The van der Waals surface area contributed by atoms with Crippen LogP contribution >= 0.6 is 11.3 Å². The number of nitrogens with zero attached hydrogens (tertiary/aromatic N) is 2. The Hall–Kier alpha value is -2.73. The number of aryl methyl sites for hydroxylation is 1. The molecule has 134 valence electrons. The van der Waals surface area contributed by atoms with E-state index >= 15 is 0 Å². The summed E-state index contributed by atoms with van der Waals surface area (Å²) in [4.78, 5) is 13.1. The third-order valence-electron chi connectivity index (χ3n) is 4.09. The van der Waals surface area contributed by atoms with Gasteiger partial charge >= 0.3 is 0 Å². The van der Waals surface area contributed by atoms with E-state index in [-0.39, 0.29) is 11.7 Å². The molecule has 2 heterocycles. The Morgan fingerprint density at radius 2 is 2.08 bits per heavy atom. The summed E-state index contributed by atoms with van der Waals surface area (Å²) < 4.78 is 15.4. The van der Waals surface area contributed by atoms with E-state index in [0.29, 0.717) is 18.7 Å². The fourth-order valence-corrected chi connectivity index (χ4v) is 3.69. The molecule has 0 aliphatic carbocycles. The zero-order valence-electron chi connectivity index (χ0n) is 14.7. The minimum atomic E-state index is -0.347. The van der Waals surface area contributed by atoms with E-state index in [4.69, 9.17) is 0 Å². The third kappa shape index (κ3) is 4.08. The van der Waals surface area contributed by atoms with Gasteiger partial charge in [-0.15, -0.1) is 11.3 Å². The highest BCUT2D eigenvalue weighted by Gasteiger charge is 2.13. The zero-order valence-corrected chi connectivity index (χ0v) is 15.5. The van der Waals surface area contributed by atoms with E-state index in [1.54, 1.807) is 29.5 Å². The molecule has 0 aliphatic rings. The lowest BCUT2D eigenvalue weighted by Crippen LogP contribution is -2.26. The van der Waals surface area contributed by atoms with Crippen molar-refractivity contribution in [3.05, 3.63) is 70.6 Å². The molecule has 3 aromatic rings. The number of carbonyl (C=O) groups excluding carboxylic acids is 1. The van der Waals surface area contributed by atoms with E-state index in [1.807, 2.05) is 30.0 Å². The Morgan fingerprint density at radius 3 is 2.81 bits per heavy atom. The Morgan fingerprint density at radius 1 is 1.27 bits per heavy atom. The number of hydrogen-bond donors (Lipinski definition) is 1. The molecule has 0 spiro atoms. The SMILES string of the molecule is Cc1nn(CCNC(=O)C=Cc2ccccc2F)c(C)c1-c1cccs1. The van der Waals surface area contributed by atoms with Gasteiger partial charge in [-0.2, -0.15) is 5.10 Å². The number of aromatic nitrogens is 2. The number of benzene rings is 1. The van der Waals surface area contributed by atoms with Gasteiger partial charge in [-0.25, -0.2) is 4.39 Å². The molecule has 0 fully saturated rings. The van der Waals surface area contributed by atoms with Crippen LogP contribution in [0.15, 0.2) is 47.9 Å². The lowest BCUT2D eigenvalue weighted by Gasteiger charge is -2.06. The molecule has 6 heteroatoms. The van der Waals surface area contributed by atoms with Crippen LogP contribution in [0.5, 0.6) is 0 Å². The number of halogens is 1. The van der Waals surface area contributed by atoms with Crippen molar-refractivity contribution >= 4 is 23.3 Å². The number of hydrogen-bond acceptors (Lipinski definition) is 3. The van der Waals surface area contributed by atoms with Crippen molar-refractivity contribution in [2.24, 2.45) is 0 Å². The van der Waals surface area contributed by atoms with Crippen molar-refractivity contribution in [3.63, 3.8) is 0 Å². The van der Waals surface area contributed by atoms with Gasteiger partial charge in [0, 0.05) is 34.3 Å². The van der Waals surface area contributed by atoms with Crippen molar-refractivity contribution in [2.75, 3.05) is 6.54 Å². The quantitative estimate of drug-likeness (QED) is 0.662. The molecule has 0 aliphatic heterocycles. The molecule has 0 bridgehead atoms. The van der Waals surface area contributed by atoms with E-state index in [1.165, 1.54) is 23.1 Å². The van der Waals surface area contributed by atoms with E-state index in [2.05, 4.69) is 16.5 Å². The van der Waals surface area contributed by atoms with Gasteiger partial charge in [-0.1, -0.05) is 24.3 Å². The Labute approximate surface area is 156 Å². The van der Waals surface area contributed by atoms with Crippen LogP contribution in [0, 0.1) is 19.7 Å². The number of nitrogens with one attached hydrogen (secondary N) is 1. The van der Waals surface area contributed by atoms with Gasteiger partial charge in [0.2, 0.25) is 5.91 Å². The summed E-state index contributed by atoms with van der Waals surface area (Å²) in [6.07, 6.45) is 2.82. The standard InChI is InChI=1S/C20H20FN3OS/c1-14-20(18-8-5-13-26-18)15(2)24(23-14)12-11-22-19(25)10-9-16-6-3-4-7-17(16)21/h3-10,13H,11-12H2,1-2H3,(H,22,25). The first kappa shape index (κ1) is 18.1. The Bertz CT molecular complexity index is 929. The molecule has 3 rings (SSSR count). The molecule has 0 unspecified atom stereocenters. The predicted molar refractivity (Wildman–Crippen MR) is 103 cm³/mol. The molecule has 1 amide bonds. The van der Waals surface area contributed by atoms with Gasteiger partial charge in [0.1, 0.15) is 5.82 Å². The molecular formula is C20H20FN3OS. The van der Waals surface area contributed by atoms with Gasteiger partial charge in [-0.3, -0.25) is 9.48 Å². The largest absolute Gasteiger partial charge is 0.351 e. The second-order valence-corrected chi connectivity index (χ2v) is 6.84. The van der Waals surface area contributed by atoms with Gasteiger partial charge in [0.15, 0.2) is 0 Å². The van der Waals surface area contributed by atoms with Gasteiger partial charge in [-0.05, 0) is 37.4 Å². The molecule has 1 aromatic carbocycles. The third-order valence-corrected chi connectivity index (χ3v) is 4.98. The first-order chi connectivity index (χ1) is 12.6. The van der Waals surface area contributed by atoms with Gasteiger partial charge in [0.25, 0.3) is 0 Å². The molecule has 0 atom stereocenters. The number of thiophene rings is 1. The highest BCUT2D eigenvalue weighted by molar-refractivity contribution is 7.13. The van der Waals surface area contributed by atoms with Crippen LogP contribution in [0.1, 0.15) is 17.0 Å². The topological polar surface area (TPSA) is 46.9 Å². The van der Waals surface area contributed by atoms with Crippen molar-refractivity contribution in [3.8, 4) is 10.4 Å². The monoisotopic (exact) mass is 369 g/mol. The highest BCUT2D eigenvalue weighted by Crippen LogP contribution is 2.30.